The smallest absolute Gasteiger partial charge is 0.191 e. The van der Waals surface area contributed by atoms with E-state index >= 15 is 0 Å². The van der Waals surface area contributed by atoms with Crippen LogP contribution in [-0.4, -0.2) is 58.5 Å². The van der Waals surface area contributed by atoms with Crippen LogP contribution >= 0.6 is 0 Å². The van der Waals surface area contributed by atoms with Crippen molar-refractivity contribution in [2.75, 3.05) is 45.3 Å². The van der Waals surface area contributed by atoms with Gasteiger partial charge < -0.3 is 25.0 Å². The summed E-state index contributed by atoms with van der Waals surface area (Å²) >= 11 is 0. The highest BCUT2D eigenvalue weighted by atomic mass is 16.5. The Bertz CT molecular complexity index is 686. The highest BCUT2D eigenvalue weighted by Gasteiger charge is 2.35. The highest BCUT2D eigenvalue weighted by Crippen LogP contribution is 2.34. The third kappa shape index (κ3) is 5.56. The fourth-order valence-electron chi connectivity index (χ4n) is 4.61. The molecule has 2 heterocycles. The lowest BCUT2D eigenvalue weighted by Gasteiger charge is -2.40. The highest BCUT2D eigenvalue weighted by molar-refractivity contribution is 5.80. The molecule has 29 heavy (non-hydrogen) atoms. The summed E-state index contributed by atoms with van der Waals surface area (Å²) in [6.45, 7) is 10.5. The summed E-state index contributed by atoms with van der Waals surface area (Å²) < 4.78 is 11.6. The number of benzene rings is 1. The Morgan fingerprint density at radius 2 is 2.07 bits per heavy atom. The molecule has 0 radical (unpaired) electrons. The zero-order valence-corrected chi connectivity index (χ0v) is 18.7. The quantitative estimate of drug-likeness (QED) is 0.585. The Morgan fingerprint density at radius 3 is 2.79 bits per heavy atom. The van der Waals surface area contributed by atoms with E-state index in [9.17, 15) is 0 Å². The third-order valence-corrected chi connectivity index (χ3v) is 6.01. The molecular weight excluding hydrogens is 364 g/mol. The average molecular weight is 403 g/mol. The number of nitrogens with zero attached hydrogens (tertiary/aromatic N) is 2. The Balaban J connectivity index is 1.53. The first kappa shape index (κ1) is 21.8. The van der Waals surface area contributed by atoms with Crippen molar-refractivity contribution in [1.82, 2.24) is 10.6 Å². The molecule has 0 bridgehead atoms. The van der Waals surface area contributed by atoms with Gasteiger partial charge in [0.15, 0.2) is 5.96 Å². The number of aliphatic imine (C=N–C) groups is 1. The van der Waals surface area contributed by atoms with Crippen molar-refractivity contribution in [3.05, 3.63) is 24.3 Å². The van der Waals surface area contributed by atoms with Crippen molar-refractivity contribution in [3.8, 4) is 5.75 Å². The summed E-state index contributed by atoms with van der Waals surface area (Å²) in [4.78, 5) is 6.85. The van der Waals surface area contributed by atoms with E-state index in [1.165, 1.54) is 6.42 Å². The fourth-order valence-corrected chi connectivity index (χ4v) is 4.61. The molecule has 3 atom stereocenters. The normalized spacial score (nSPS) is 25.8. The van der Waals surface area contributed by atoms with Crippen LogP contribution in [0.3, 0.4) is 0 Å². The molecule has 2 N–H and O–H groups in total. The van der Waals surface area contributed by atoms with Crippen LogP contribution in [0.15, 0.2) is 29.3 Å². The predicted octanol–water partition coefficient (Wildman–Crippen LogP) is 3.28. The lowest BCUT2D eigenvalue weighted by Crippen LogP contribution is -2.49. The van der Waals surface area contributed by atoms with Crippen LogP contribution in [0.5, 0.6) is 5.75 Å². The van der Waals surface area contributed by atoms with Crippen LogP contribution in [0.1, 0.15) is 40.0 Å². The molecule has 0 saturated carbocycles. The van der Waals surface area contributed by atoms with Gasteiger partial charge in [0.05, 0.1) is 18.9 Å². The molecule has 0 amide bonds. The zero-order chi connectivity index (χ0) is 20.9. The lowest BCUT2D eigenvalue weighted by molar-refractivity contribution is -0.0835. The third-order valence-electron chi connectivity index (χ3n) is 6.01. The summed E-state index contributed by atoms with van der Waals surface area (Å²) in [5.41, 5.74) is 1.32. The maximum absolute atomic E-state index is 6.12. The monoisotopic (exact) mass is 402 g/mol. The molecule has 162 valence electrons. The molecule has 0 aliphatic carbocycles. The summed E-state index contributed by atoms with van der Waals surface area (Å²) in [7, 11) is 3.58. The molecule has 3 unspecified atom stereocenters. The van der Waals surface area contributed by atoms with Gasteiger partial charge in [-0.3, -0.25) is 4.99 Å². The van der Waals surface area contributed by atoms with Gasteiger partial charge in [0.2, 0.25) is 0 Å². The lowest BCUT2D eigenvalue weighted by atomic mass is 9.78. The summed E-state index contributed by atoms with van der Waals surface area (Å²) in [5.74, 6) is 2.33. The van der Waals surface area contributed by atoms with Crippen LogP contribution < -0.4 is 20.3 Å². The molecule has 6 heteroatoms. The number of nitrogens with one attached hydrogen (secondary N) is 2. The number of ether oxygens (including phenoxy) is 2. The van der Waals surface area contributed by atoms with Crippen molar-refractivity contribution in [2.45, 2.75) is 52.2 Å². The summed E-state index contributed by atoms with van der Waals surface area (Å²) in [6, 6.07) is 8.60. The first-order chi connectivity index (χ1) is 13.9. The van der Waals surface area contributed by atoms with Crippen LogP contribution in [0, 0.1) is 11.3 Å². The van der Waals surface area contributed by atoms with E-state index in [-0.39, 0.29) is 11.5 Å². The van der Waals surface area contributed by atoms with Gasteiger partial charge in [-0.2, -0.15) is 0 Å². The van der Waals surface area contributed by atoms with Crippen LogP contribution in [-0.2, 0) is 4.74 Å². The molecular formula is C23H38N4O2. The van der Waals surface area contributed by atoms with E-state index in [0.29, 0.717) is 12.0 Å². The molecule has 0 spiro atoms. The van der Waals surface area contributed by atoms with E-state index in [2.05, 4.69) is 53.4 Å². The van der Waals surface area contributed by atoms with Crippen molar-refractivity contribution >= 4 is 11.6 Å². The first-order valence-electron chi connectivity index (χ1n) is 10.9. The number of rotatable bonds is 5. The van der Waals surface area contributed by atoms with Crippen LogP contribution in [0.4, 0.5) is 5.69 Å². The van der Waals surface area contributed by atoms with Gasteiger partial charge in [-0.25, -0.2) is 0 Å². The number of methoxy groups -OCH3 is 1. The molecule has 0 aromatic heterocycles. The minimum Gasteiger partial charge on any atom is -0.495 e. The molecule has 1 aromatic rings. The number of para-hydroxylation sites is 2. The van der Waals surface area contributed by atoms with Gasteiger partial charge in [0, 0.05) is 45.2 Å². The van der Waals surface area contributed by atoms with Gasteiger partial charge in [0.1, 0.15) is 5.75 Å². The molecule has 2 saturated heterocycles. The number of guanidine groups is 1. The first-order valence-corrected chi connectivity index (χ1v) is 10.9. The summed E-state index contributed by atoms with van der Waals surface area (Å²) in [6.07, 6.45) is 3.71. The largest absolute Gasteiger partial charge is 0.495 e. The predicted molar refractivity (Wildman–Crippen MR) is 120 cm³/mol. The number of hydrogen-bond donors (Lipinski definition) is 2. The van der Waals surface area contributed by atoms with Crippen LogP contribution in [0.2, 0.25) is 0 Å². The van der Waals surface area contributed by atoms with Crippen LogP contribution in [0.25, 0.3) is 0 Å². The molecule has 1 aromatic carbocycles. The van der Waals surface area contributed by atoms with Crippen molar-refractivity contribution in [1.29, 1.82) is 0 Å². The standard InChI is InChI=1S/C23H38N4O2/c1-23(2,3)21-17(9-8-14-29-21)15-25-22(24-4)26-18-12-13-27(16-18)19-10-6-7-11-20(19)28-5/h6-7,10-11,17-18,21H,8-9,12-16H2,1-5H3,(H2,24,25,26). The average Bonchev–Trinajstić information content (AvgIpc) is 3.19. The Kier molecular flexibility index (Phi) is 7.28. The Morgan fingerprint density at radius 1 is 1.28 bits per heavy atom. The summed E-state index contributed by atoms with van der Waals surface area (Å²) in [5, 5.41) is 7.17. The Labute approximate surface area is 176 Å². The van der Waals surface area contributed by atoms with Gasteiger partial charge in [-0.15, -0.1) is 0 Å². The maximum Gasteiger partial charge on any atom is 0.191 e. The van der Waals surface area contributed by atoms with Gasteiger partial charge in [-0.1, -0.05) is 32.9 Å². The van der Waals surface area contributed by atoms with E-state index in [4.69, 9.17) is 9.47 Å². The van der Waals surface area contributed by atoms with E-state index in [1.807, 2.05) is 19.2 Å². The second kappa shape index (κ2) is 9.70. The fraction of sp³-hybridized carbons (Fsp3) is 0.696. The zero-order valence-electron chi connectivity index (χ0n) is 18.7. The maximum atomic E-state index is 6.12. The van der Waals surface area contributed by atoms with Gasteiger partial charge in [-0.05, 0) is 36.8 Å². The molecule has 6 nitrogen and oxygen atoms in total. The molecule has 2 fully saturated rings. The molecule has 2 aliphatic heterocycles. The minimum absolute atomic E-state index is 0.157. The SMILES string of the molecule is CN=C(NCC1CCCOC1C(C)(C)C)NC1CCN(c2ccccc2OC)C1. The Hall–Kier alpha value is -1.95. The van der Waals surface area contributed by atoms with E-state index in [0.717, 1.165) is 56.5 Å². The number of anilines is 1. The number of hydrogen-bond acceptors (Lipinski definition) is 4. The van der Waals surface area contributed by atoms with Gasteiger partial charge >= 0.3 is 0 Å². The van der Waals surface area contributed by atoms with E-state index < -0.39 is 0 Å². The molecule has 3 rings (SSSR count). The van der Waals surface area contributed by atoms with Gasteiger partial charge in [0.25, 0.3) is 0 Å². The minimum atomic E-state index is 0.157. The second-order valence-electron chi connectivity index (χ2n) is 9.26. The van der Waals surface area contributed by atoms with Crippen molar-refractivity contribution in [3.63, 3.8) is 0 Å². The topological polar surface area (TPSA) is 58.1 Å². The molecule has 2 aliphatic rings. The second-order valence-corrected chi connectivity index (χ2v) is 9.26. The van der Waals surface area contributed by atoms with Crippen molar-refractivity contribution in [2.24, 2.45) is 16.3 Å². The van der Waals surface area contributed by atoms with Crippen molar-refractivity contribution < 1.29 is 9.47 Å². The van der Waals surface area contributed by atoms with E-state index in [1.54, 1.807) is 7.11 Å².